The standard InChI is InChI=1S/C18H25N3O3/c1-21-12-11-15(17(21)22)20-18(23)19-14-9-5-6-10-16(14)24-13-7-3-2-4-8-13/h2-4,7-8,14-16H,5-6,9-12H2,1H3,(H2,19,20,23)/t14-,15-,16-/m0/s1. The predicted molar refractivity (Wildman–Crippen MR) is 90.8 cm³/mol. The largest absolute Gasteiger partial charge is 0.488 e. The lowest BCUT2D eigenvalue weighted by atomic mass is 9.92. The van der Waals surface area contributed by atoms with Gasteiger partial charge in [-0.1, -0.05) is 24.6 Å². The van der Waals surface area contributed by atoms with E-state index >= 15 is 0 Å². The highest BCUT2D eigenvalue weighted by Crippen LogP contribution is 2.24. The van der Waals surface area contributed by atoms with Crippen molar-refractivity contribution in [3.05, 3.63) is 30.3 Å². The molecular formula is C18H25N3O3. The van der Waals surface area contributed by atoms with Crippen LogP contribution in [0.3, 0.4) is 0 Å². The van der Waals surface area contributed by atoms with Gasteiger partial charge in [0, 0.05) is 13.6 Å². The van der Waals surface area contributed by atoms with E-state index < -0.39 is 6.04 Å². The van der Waals surface area contributed by atoms with Gasteiger partial charge in [-0.2, -0.15) is 0 Å². The van der Waals surface area contributed by atoms with Crippen LogP contribution in [-0.2, 0) is 4.79 Å². The molecule has 130 valence electrons. The van der Waals surface area contributed by atoms with E-state index in [9.17, 15) is 9.59 Å². The van der Waals surface area contributed by atoms with Gasteiger partial charge in [0.1, 0.15) is 17.9 Å². The minimum Gasteiger partial charge on any atom is -0.488 e. The summed E-state index contributed by atoms with van der Waals surface area (Å²) in [6.45, 7) is 0.687. The Labute approximate surface area is 142 Å². The highest BCUT2D eigenvalue weighted by atomic mass is 16.5. The Balaban J connectivity index is 1.55. The number of nitrogens with zero attached hydrogens (tertiary/aromatic N) is 1. The lowest BCUT2D eigenvalue weighted by Crippen LogP contribution is -2.53. The zero-order chi connectivity index (χ0) is 16.9. The fourth-order valence-electron chi connectivity index (χ4n) is 3.40. The quantitative estimate of drug-likeness (QED) is 0.885. The van der Waals surface area contributed by atoms with E-state index in [-0.39, 0.29) is 24.1 Å². The molecule has 3 amide bonds. The minimum atomic E-state index is -0.410. The van der Waals surface area contributed by atoms with E-state index in [0.717, 1.165) is 31.4 Å². The van der Waals surface area contributed by atoms with Crippen LogP contribution in [0.5, 0.6) is 5.75 Å². The van der Waals surface area contributed by atoms with Crippen molar-refractivity contribution < 1.29 is 14.3 Å². The summed E-state index contributed by atoms with van der Waals surface area (Å²) in [7, 11) is 1.76. The van der Waals surface area contributed by atoms with Gasteiger partial charge in [0.05, 0.1) is 6.04 Å². The lowest BCUT2D eigenvalue weighted by Gasteiger charge is -2.32. The molecule has 1 saturated carbocycles. The van der Waals surface area contributed by atoms with Crippen LogP contribution >= 0.6 is 0 Å². The molecule has 6 nitrogen and oxygen atoms in total. The molecule has 2 N–H and O–H groups in total. The highest BCUT2D eigenvalue weighted by molar-refractivity contribution is 5.88. The molecule has 1 aliphatic carbocycles. The fraction of sp³-hybridized carbons (Fsp3) is 0.556. The molecule has 0 bridgehead atoms. The summed E-state index contributed by atoms with van der Waals surface area (Å²) in [4.78, 5) is 25.8. The van der Waals surface area contributed by atoms with Crippen LogP contribution in [0.25, 0.3) is 0 Å². The number of ether oxygens (including phenoxy) is 1. The van der Waals surface area contributed by atoms with E-state index in [4.69, 9.17) is 4.74 Å². The molecule has 3 atom stereocenters. The van der Waals surface area contributed by atoms with Gasteiger partial charge in [-0.15, -0.1) is 0 Å². The zero-order valence-corrected chi connectivity index (χ0v) is 14.0. The second-order valence-electron chi connectivity index (χ2n) is 6.58. The summed E-state index contributed by atoms with van der Waals surface area (Å²) in [5.74, 6) is 0.801. The van der Waals surface area contributed by atoms with Gasteiger partial charge in [-0.05, 0) is 37.8 Å². The van der Waals surface area contributed by atoms with Gasteiger partial charge >= 0.3 is 6.03 Å². The van der Waals surface area contributed by atoms with Gasteiger partial charge in [0.2, 0.25) is 5.91 Å². The Kier molecular flexibility index (Phi) is 5.23. The number of carbonyl (C=O) groups is 2. The first-order chi connectivity index (χ1) is 11.6. The van der Waals surface area contributed by atoms with Crippen molar-refractivity contribution in [3.8, 4) is 5.75 Å². The van der Waals surface area contributed by atoms with E-state index in [1.165, 1.54) is 0 Å². The molecule has 0 unspecified atom stereocenters. The summed E-state index contributed by atoms with van der Waals surface area (Å²) in [5.41, 5.74) is 0. The first-order valence-corrected chi connectivity index (χ1v) is 8.67. The summed E-state index contributed by atoms with van der Waals surface area (Å²) < 4.78 is 6.06. The minimum absolute atomic E-state index is 0.0223. The number of nitrogens with one attached hydrogen (secondary N) is 2. The molecule has 2 aliphatic rings. The number of carbonyl (C=O) groups excluding carboxylic acids is 2. The van der Waals surface area contributed by atoms with Crippen molar-refractivity contribution >= 4 is 11.9 Å². The number of hydrogen-bond acceptors (Lipinski definition) is 3. The Morgan fingerprint density at radius 2 is 1.88 bits per heavy atom. The molecule has 2 fully saturated rings. The Morgan fingerprint density at radius 3 is 2.58 bits per heavy atom. The smallest absolute Gasteiger partial charge is 0.315 e. The molecular weight excluding hydrogens is 306 g/mol. The van der Waals surface area contributed by atoms with Crippen LogP contribution in [0.4, 0.5) is 4.79 Å². The molecule has 0 aromatic heterocycles. The highest BCUT2D eigenvalue weighted by Gasteiger charge is 2.32. The Bertz CT molecular complexity index is 578. The number of likely N-dealkylation sites (tertiary alicyclic amines) is 1. The first-order valence-electron chi connectivity index (χ1n) is 8.67. The number of amides is 3. The van der Waals surface area contributed by atoms with E-state index in [2.05, 4.69) is 10.6 Å². The number of urea groups is 1. The van der Waals surface area contributed by atoms with Gasteiger partial charge in [0.25, 0.3) is 0 Å². The molecule has 0 radical (unpaired) electrons. The molecule has 3 rings (SSSR count). The molecule has 6 heteroatoms. The van der Waals surface area contributed by atoms with Gasteiger partial charge in [-0.3, -0.25) is 4.79 Å². The predicted octanol–water partition coefficient (Wildman–Crippen LogP) is 1.91. The van der Waals surface area contributed by atoms with Crippen LogP contribution in [0, 0.1) is 0 Å². The number of likely N-dealkylation sites (N-methyl/N-ethyl adjacent to an activating group) is 1. The average Bonchev–Trinajstić information content (AvgIpc) is 2.90. The molecule has 1 aliphatic heterocycles. The topological polar surface area (TPSA) is 70.7 Å². The van der Waals surface area contributed by atoms with Crippen molar-refractivity contribution in [3.63, 3.8) is 0 Å². The molecule has 1 aromatic carbocycles. The van der Waals surface area contributed by atoms with Crippen molar-refractivity contribution in [2.24, 2.45) is 0 Å². The average molecular weight is 331 g/mol. The van der Waals surface area contributed by atoms with Crippen LogP contribution in [-0.4, -0.2) is 48.6 Å². The van der Waals surface area contributed by atoms with Gasteiger partial charge < -0.3 is 20.3 Å². The van der Waals surface area contributed by atoms with Crippen molar-refractivity contribution in [1.29, 1.82) is 0 Å². The van der Waals surface area contributed by atoms with Crippen molar-refractivity contribution in [2.75, 3.05) is 13.6 Å². The second-order valence-corrected chi connectivity index (χ2v) is 6.58. The van der Waals surface area contributed by atoms with Crippen LogP contribution < -0.4 is 15.4 Å². The molecule has 1 aromatic rings. The lowest BCUT2D eigenvalue weighted by molar-refractivity contribution is -0.128. The normalized spacial score (nSPS) is 27.0. The van der Waals surface area contributed by atoms with E-state index in [1.807, 2.05) is 30.3 Å². The van der Waals surface area contributed by atoms with Crippen LogP contribution in [0.2, 0.25) is 0 Å². The summed E-state index contributed by atoms with van der Waals surface area (Å²) in [5, 5.41) is 5.80. The maximum Gasteiger partial charge on any atom is 0.315 e. The third-order valence-electron chi connectivity index (χ3n) is 4.78. The van der Waals surface area contributed by atoms with Gasteiger partial charge in [0.15, 0.2) is 0 Å². The van der Waals surface area contributed by atoms with Gasteiger partial charge in [-0.25, -0.2) is 4.79 Å². The maximum absolute atomic E-state index is 12.3. The van der Waals surface area contributed by atoms with Crippen LogP contribution in [0.1, 0.15) is 32.1 Å². The monoisotopic (exact) mass is 331 g/mol. The second kappa shape index (κ2) is 7.55. The third-order valence-corrected chi connectivity index (χ3v) is 4.78. The summed E-state index contributed by atoms with van der Waals surface area (Å²) in [6, 6.07) is 8.97. The first kappa shape index (κ1) is 16.6. The van der Waals surface area contributed by atoms with Crippen molar-refractivity contribution in [2.45, 2.75) is 50.3 Å². The third kappa shape index (κ3) is 3.99. The van der Waals surface area contributed by atoms with E-state index in [1.54, 1.807) is 11.9 Å². The molecule has 24 heavy (non-hydrogen) atoms. The number of benzene rings is 1. The molecule has 0 spiro atoms. The van der Waals surface area contributed by atoms with Crippen molar-refractivity contribution in [1.82, 2.24) is 15.5 Å². The zero-order valence-electron chi connectivity index (χ0n) is 14.0. The number of hydrogen-bond donors (Lipinski definition) is 2. The maximum atomic E-state index is 12.3. The summed E-state index contributed by atoms with van der Waals surface area (Å²) in [6.07, 6.45) is 4.62. The number of rotatable bonds is 4. The Morgan fingerprint density at radius 1 is 1.12 bits per heavy atom. The fourth-order valence-corrected chi connectivity index (χ4v) is 3.40. The SMILES string of the molecule is CN1CC[C@H](NC(=O)N[C@H]2CCCC[C@@H]2Oc2ccccc2)C1=O. The van der Waals surface area contributed by atoms with E-state index in [0.29, 0.717) is 13.0 Å². The Hall–Kier alpha value is -2.24. The number of para-hydroxylation sites is 1. The molecule has 1 saturated heterocycles. The van der Waals surface area contributed by atoms with Crippen LogP contribution in [0.15, 0.2) is 30.3 Å². The summed E-state index contributed by atoms with van der Waals surface area (Å²) >= 11 is 0. The molecule has 1 heterocycles.